The Kier molecular flexibility index (Phi) is 5.82. The molecule has 6 nitrogen and oxygen atoms in total. The molecule has 6 heteroatoms. The fraction of sp³-hybridized carbons (Fsp3) is 0.714. The fourth-order valence-corrected chi connectivity index (χ4v) is 0.629. The molecule has 1 unspecified atom stereocenters. The Morgan fingerprint density at radius 1 is 1.54 bits per heavy atom. The van der Waals surface area contributed by atoms with Crippen molar-refractivity contribution < 1.29 is 14.4 Å². The molecule has 1 atom stereocenters. The zero-order chi connectivity index (χ0) is 10.3. The van der Waals surface area contributed by atoms with Crippen LogP contribution in [-0.2, 0) is 14.4 Å². The SMILES string of the molecule is CC(CN)CC(=O)NOCC(N)=O. The predicted octanol–water partition coefficient (Wildman–Crippen LogP) is -1.50. The van der Waals surface area contributed by atoms with E-state index in [-0.39, 0.29) is 24.9 Å². The number of hydroxylamine groups is 1. The van der Waals surface area contributed by atoms with Crippen LogP contribution in [0.4, 0.5) is 0 Å². The van der Waals surface area contributed by atoms with Gasteiger partial charge in [-0.25, -0.2) is 5.48 Å². The van der Waals surface area contributed by atoms with Crippen LogP contribution in [0.2, 0.25) is 0 Å². The first-order valence-corrected chi connectivity index (χ1v) is 3.95. The molecule has 0 aromatic carbocycles. The van der Waals surface area contributed by atoms with Gasteiger partial charge in [0.05, 0.1) is 0 Å². The van der Waals surface area contributed by atoms with Crippen molar-refractivity contribution in [3.05, 3.63) is 0 Å². The van der Waals surface area contributed by atoms with Crippen molar-refractivity contribution in [2.24, 2.45) is 17.4 Å². The molecule has 0 bridgehead atoms. The molecule has 0 aliphatic heterocycles. The maximum atomic E-state index is 11.0. The number of amides is 2. The topological polar surface area (TPSA) is 107 Å². The molecule has 0 rings (SSSR count). The highest BCUT2D eigenvalue weighted by Gasteiger charge is 2.07. The van der Waals surface area contributed by atoms with Crippen molar-refractivity contribution in [3.8, 4) is 0 Å². The van der Waals surface area contributed by atoms with E-state index in [1.165, 1.54) is 0 Å². The first kappa shape index (κ1) is 11.9. The van der Waals surface area contributed by atoms with Gasteiger partial charge in [-0.05, 0) is 12.5 Å². The lowest BCUT2D eigenvalue weighted by Crippen LogP contribution is -2.31. The monoisotopic (exact) mass is 189 g/mol. The number of carbonyl (C=O) groups excluding carboxylic acids is 2. The zero-order valence-electron chi connectivity index (χ0n) is 7.58. The Balaban J connectivity index is 3.46. The molecule has 0 aliphatic rings. The third-order valence-corrected chi connectivity index (χ3v) is 1.34. The van der Waals surface area contributed by atoms with Crippen LogP contribution >= 0.6 is 0 Å². The van der Waals surface area contributed by atoms with E-state index in [9.17, 15) is 9.59 Å². The minimum Gasteiger partial charge on any atom is -0.368 e. The Morgan fingerprint density at radius 2 is 2.15 bits per heavy atom. The first-order chi connectivity index (χ1) is 6.06. The van der Waals surface area contributed by atoms with Crippen molar-refractivity contribution >= 4 is 11.8 Å². The van der Waals surface area contributed by atoms with Gasteiger partial charge in [0.2, 0.25) is 11.8 Å². The van der Waals surface area contributed by atoms with Gasteiger partial charge in [-0.15, -0.1) is 0 Å². The molecule has 13 heavy (non-hydrogen) atoms. The largest absolute Gasteiger partial charge is 0.368 e. The van der Waals surface area contributed by atoms with E-state index in [4.69, 9.17) is 11.5 Å². The molecule has 5 N–H and O–H groups in total. The third kappa shape index (κ3) is 7.23. The van der Waals surface area contributed by atoms with Crippen LogP contribution in [0.1, 0.15) is 13.3 Å². The minimum atomic E-state index is -0.632. The number of primary amides is 1. The molecule has 0 aliphatic carbocycles. The highest BCUT2D eigenvalue weighted by molar-refractivity contribution is 5.77. The van der Waals surface area contributed by atoms with E-state index in [2.05, 4.69) is 10.3 Å². The third-order valence-electron chi connectivity index (χ3n) is 1.34. The second-order valence-corrected chi connectivity index (χ2v) is 2.83. The molecule has 0 saturated heterocycles. The van der Waals surface area contributed by atoms with E-state index < -0.39 is 5.91 Å². The summed E-state index contributed by atoms with van der Waals surface area (Å²) in [5.41, 5.74) is 12.2. The van der Waals surface area contributed by atoms with Gasteiger partial charge in [0.25, 0.3) is 0 Å². The normalized spacial score (nSPS) is 12.2. The van der Waals surface area contributed by atoms with Gasteiger partial charge >= 0.3 is 0 Å². The molecule has 0 fully saturated rings. The molecule has 2 amide bonds. The van der Waals surface area contributed by atoms with Crippen LogP contribution in [0.15, 0.2) is 0 Å². The number of hydrogen-bond acceptors (Lipinski definition) is 4. The lowest BCUT2D eigenvalue weighted by atomic mass is 10.1. The van der Waals surface area contributed by atoms with Crippen LogP contribution < -0.4 is 16.9 Å². The summed E-state index contributed by atoms with van der Waals surface area (Å²) >= 11 is 0. The van der Waals surface area contributed by atoms with Gasteiger partial charge in [-0.1, -0.05) is 6.92 Å². The molecule has 0 saturated carbocycles. The summed E-state index contributed by atoms with van der Waals surface area (Å²) in [5, 5.41) is 0. The van der Waals surface area contributed by atoms with E-state index in [0.29, 0.717) is 6.54 Å². The average molecular weight is 189 g/mol. The standard InChI is InChI=1S/C7H15N3O3/c1-5(3-8)2-7(12)10-13-4-6(9)11/h5H,2-4,8H2,1H3,(H2,9,11)(H,10,12). The molecular formula is C7H15N3O3. The quantitative estimate of drug-likeness (QED) is 0.442. The van der Waals surface area contributed by atoms with E-state index in [1.54, 1.807) is 0 Å². The molecular weight excluding hydrogens is 174 g/mol. The highest BCUT2D eigenvalue weighted by Crippen LogP contribution is 1.97. The Hall–Kier alpha value is -1.14. The summed E-state index contributed by atoms with van der Waals surface area (Å²) in [7, 11) is 0. The van der Waals surface area contributed by atoms with E-state index in [0.717, 1.165) is 0 Å². The Labute approximate surface area is 76.5 Å². The molecule has 0 aromatic heterocycles. The van der Waals surface area contributed by atoms with Crippen molar-refractivity contribution in [2.75, 3.05) is 13.2 Å². The second-order valence-electron chi connectivity index (χ2n) is 2.83. The van der Waals surface area contributed by atoms with E-state index >= 15 is 0 Å². The van der Waals surface area contributed by atoms with Crippen LogP contribution in [-0.4, -0.2) is 25.0 Å². The molecule has 0 heterocycles. The summed E-state index contributed by atoms with van der Waals surface area (Å²) in [5.74, 6) is -0.844. The molecule has 0 radical (unpaired) electrons. The fourth-order valence-electron chi connectivity index (χ4n) is 0.629. The molecule has 0 spiro atoms. The predicted molar refractivity (Wildman–Crippen MR) is 46.1 cm³/mol. The lowest BCUT2D eigenvalue weighted by molar-refractivity contribution is -0.138. The maximum Gasteiger partial charge on any atom is 0.246 e. The van der Waals surface area contributed by atoms with Crippen LogP contribution in [0.25, 0.3) is 0 Å². The summed E-state index contributed by atoms with van der Waals surface area (Å²) < 4.78 is 0. The van der Waals surface area contributed by atoms with Gasteiger partial charge in [0.15, 0.2) is 6.61 Å². The number of hydrogen-bond donors (Lipinski definition) is 3. The second kappa shape index (κ2) is 6.38. The summed E-state index contributed by atoms with van der Waals surface area (Å²) in [6, 6.07) is 0. The van der Waals surface area contributed by atoms with Gasteiger partial charge in [0.1, 0.15) is 0 Å². The summed E-state index contributed by atoms with van der Waals surface area (Å²) in [6.07, 6.45) is 0.273. The van der Waals surface area contributed by atoms with Crippen molar-refractivity contribution in [1.82, 2.24) is 5.48 Å². The van der Waals surface area contributed by atoms with Gasteiger partial charge < -0.3 is 11.5 Å². The van der Waals surface area contributed by atoms with Gasteiger partial charge in [-0.2, -0.15) is 0 Å². The van der Waals surface area contributed by atoms with Crippen LogP contribution in [0, 0.1) is 5.92 Å². The van der Waals surface area contributed by atoms with Gasteiger partial charge in [-0.3, -0.25) is 14.4 Å². The van der Waals surface area contributed by atoms with Gasteiger partial charge in [0, 0.05) is 6.42 Å². The average Bonchev–Trinajstić information content (AvgIpc) is 2.03. The molecule has 0 aromatic rings. The van der Waals surface area contributed by atoms with Crippen LogP contribution in [0.3, 0.4) is 0 Å². The van der Waals surface area contributed by atoms with Crippen LogP contribution in [0.5, 0.6) is 0 Å². The Morgan fingerprint density at radius 3 is 2.62 bits per heavy atom. The Bertz CT molecular complexity index is 184. The summed E-state index contributed by atoms with van der Waals surface area (Å²) in [6.45, 7) is 1.96. The zero-order valence-corrected chi connectivity index (χ0v) is 7.58. The summed E-state index contributed by atoms with van der Waals surface area (Å²) in [4.78, 5) is 25.6. The molecule has 76 valence electrons. The van der Waals surface area contributed by atoms with Crippen molar-refractivity contribution in [3.63, 3.8) is 0 Å². The minimum absolute atomic E-state index is 0.0946. The van der Waals surface area contributed by atoms with Crippen molar-refractivity contribution in [1.29, 1.82) is 0 Å². The number of carbonyl (C=O) groups is 2. The number of rotatable bonds is 6. The number of nitrogens with one attached hydrogen (secondary N) is 1. The first-order valence-electron chi connectivity index (χ1n) is 3.95. The highest BCUT2D eigenvalue weighted by atomic mass is 16.7. The maximum absolute atomic E-state index is 11.0. The van der Waals surface area contributed by atoms with Crippen molar-refractivity contribution in [2.45, 2.75) is 13.3 Å². The van der Waals surface area contributed by atoms with E-state index in [1.807, 2.05) is 6.92 Å². The smallest absolute Gasteiger partial charge is 0.246 e. The number of nitrogens with two attached hydrogens (primary N) is 2. The lowest BCUT2D eigenvalue weighted by Gasteiger charge is -2.07.